The normalized spacial score (nSPS) is 11.5. The second-order valence-electron chi connectivity index (χ2n) is 4.37. The average molecular weight is 363 g/mol. The van der Waals surface area contributed by atoms with Crippen molar-refractivity contribution in [1.29, 1.82) is 0 Å². The third-order valence-electron chi connectivity index (χ3n) is 2.82. The first-order chi connectivity index (χ1) is 9.90. The van der Waals surface area contributed by atoms with Crippen molar-refractivity contribution in [2.45, 2.75) is 18.1 Å². The van der Waals surface area contributed by atoms with Crippen LogP contribution in [0, 0.1) is 5.82 Å². The van der Waals surface area contributed by atoms with Crippen LogP contribution in [0.3, 0.4) is 0 Å². The van der Waals surface area contributed by atoms with Crippen molar-refractivity contribution in [3.8, 4) is 5.75 Å². The highest BCUT2D eigenvalue weighted by molar-refractivity contribution is 9.08. The van der Waals surface area contributed by atoms with Crippen LogP contribution in [-0.4, -0.2) is 0 Å². The molecule has 0 heterocycles. The fourth-order valence-corrected chi connectivity index (χ4v) is 2.23. The standard InChI is InChI=1S/C15H11BrF4O/c16-8-11-7-13(17)4-5-14(11)21-9-10-2-1-3-12(6-10)15(18,19)20/h1-7H,8-9H2. The number of rotatable bonds is 4. The predicted octanol–water partition coefficient (Wildman–Crippen LogP) is 5.32. The lowest BCUT2D eigenvalue weighted by atomic mass is 10.1. The van der Waals surface area contributed by atoms with Gasteiger partial charge >= 0.3 is 6.18 Å². The Balaban J connectivity index is 2.13. The van der Waals surface area contributed by atoms with Crippen molar-refractivity contribution in [3.05, 3.63) is 65.0 Å². The van der Waals surface area contributed by atoms with Gasteiger partial charge in [0.25, 0.3) is 0 Å². The van der Waals surface area contributed by atoms with E-state index in [9.17, 15) is 17.6 Å². The molecule has 0 amide bonds. The molecule has 0 fully saturated rings. The number of benzene rings is 2. The lowest BCUT2D eigenvalue weighted by Gasteiger charge is -2.12. The van der Waals surface area contributed by atoms with Gasteiger partial charge in [-0.3, -0.25) is 0 Å². The summed E-state index contributed by atoms with van der Waals surface area (Å²) < 4.78 is 56.4. The van der Waals surface area contributed by atoms with E-state index in [1.165, 1.54) is 24.3 Å². The summed E-state index contributed by atoms with van der Waals surface area (Å²) in [5.41, 5.74) is 0.278. The SMILES string of the molecule is Fc1ccc(OCc2cccc(C(F)(F)F)c2)c(CBr)c1. The molecule has 0 saturated carbocycles. The van der Waals surface area contributed by atoms with Crippen LogP contribution in [0.5, 0.6) is 5.75 Å². The molecule has 0 spiro atoms. The van der Waals surface area contributed by atoms with Crippen molar-refractivity contribution in [2.24, 2.45) is 0 Å². The Morgan fingerprint density at radius 3 is 2.48 bits per heavy atom. The third-order valence-corrected chi connectivity index (χ3v) is 3.42. The number of hydrogen-bond acceptors (Lipinski definition) is 1. The summed E-state index contributed by atoms with van der Waals surface area (Å²) in [6, 6.07) is 8.94. The van der Waals surface area contributed by atoms with Gasteiger partial charge in [0.05, 0.1) is 5.56 Å². The van der Waals surface area contributed by atoms with Crippen LogP contribution >= 0.6 is 15.9 Å². The molecule has 1 nitrogen and oxygen atoms in total. The van der Waals surface area contributed by atoms with E-state index in [2.05, 4.69) is 15.9 Å². The van der Waals surface area contributed by atoms with E-state index >= 15 is 0 Å². The zero-order chi connectivity index (χ0) is 15.5. The lowest BCUT2D eigenvalue weighted by Crippen LogP contribution is -2.06. The molecule has 0 aliphatic rings. The van der Waals surface area contributed by atoms with Crippen LogP contribution in [0.4, 0.5) is 17.6 Å². The molecule has 2 aromatic carbocycles. The molecule has 0 unspecified atom stereocenters. The number of alkyl halides is 4. The van der Waals surface area contributed by atoms with Gasteiger partial charge in [0.1, 0.15) is 18.2 Å². The number of ether oxygens (including phenoxy) is 1. The predicted molar refractivity (Wildman–Crippen MR) is 74.8 cm³/mol. The minimum absolute atomic E-state index is 0.0183. The van der Waals surface area contributed by atoms with Gasteiger partial charge in [-0.05, 0) is 35.9 Å². The molecular weight excluding hydrogens is 352 g/mol. The van der Waals surface area contributed by atoms with Gasteiger partial charge in [0.2, 0.25) is 0 Å². The molecule has 112 valence electrons. The summed E-state index contributed by atoms with van der Waals surface area (Å²) in [5.74, 6) is 0.0431. The molecule has 0 aliphatic carbocycles. The van der Waals surface area contributed by atoms with Crippen molar-refractivity contribution < 1.29 is 22.3 Å². The van der Waals surface area contributed by atoms with Crippen molar-refractivity contribution in [1.82, 2.24) is 0 Å². The molecule has 2 aromatic rings. The zero-order valence-corrected chi connectivity index (χ0v) is 12.3. The summed E-state index contributed by atoms with van der Waals surface area (Å²) in [5, 5.41) is 0.392. The molecule has 0 bridgehead atoms. The molecule has 0 aliphatic heterocycles. The molecule has 0 saturated heterocycles. The van der Waals surface area contributed by atoms with Crippen LogP contribution < -0.4 is 4.74 Å². The van der Waals surface area contributed by atoms with Gasteiger partial charge in [-0.2, -0.15) is 13.2 Å². The molecule has 2 rings (SSSR count). The van der Waals surface area contributed by atoms with Crippen molar-refractivity contribution in [2.75, 3.05) is 0 Å². The van der Waals surface area contributed by atoms with Crippen molar-refractivity contribution in [3.63, 3.8) is 0 Å². The van der Waals surface area contributed by atoms with Gasteiger partial charge in [0, 0.05) is 10.9 Å². The third kappa shape index (κ3) is 4.20. The van der Waals surface area contributed by atoms with Gasteiger partial charge in [-0.25, -0.2) is 4.39 Å². The maximum atomic E-state index is 13.1. The highest BCUT2D eigenvalue weighted by atomic mass is 79.9. The highest BCUT2D eigenvalue weighted by Crippen LogP contribution is 2.30. The Morgan fingerprint density at radius 1 is 1.05 bits per heavy atom. The van der Waals surface area contributed by atoms with Crippen LogP contribution in [0.25, 0.3) is 0 Å². The van der Waals surface area contributed by atoms with Crippen LogP contribution in [0.1, 0.15) is 16.7 Å². The van der Waals surface area contributed by atoms with Crippen LogP contribution in [0.15, 0.2) is 42.5 Å². The van der Waals surface area contributed by atoms with E-state index in [-0.39, 0.29) is 6.61 Å². The number of hydrogen-bond donors (Lipinski definition) is 0. The molecular formula is C15H11BrF4O. The Labute approximate surface area is 127 Å². The summed E-state index contributed by atoms with van der Waals surface area (Å²) >= 11 is 3.21. The minimum atomic E-state index is -4.38. The molecule has 0 radical (unpaired) electrons. The quantitative estimate of drug-likeness (QED) is 0.528. The lowest BCUT2D eigenvalue weighted by molar-refractivity contribution is -0.137. The van der Waals surface area contributed by atoms with Gasteiger partial charge in [0.15, 0.2) is 0 Å². The largest absolute Gasteiger partial charge is 0.489 e. The zero-order valence-electron chi connectivity index (χ0n) is 10.8. The summed E-state index contributed by atoms with van der Waals surface area (Å²) in [6.45, 7) is -0.0183. The van der Waals surface area contributed by atoms with Crippen LogP contribution in [-0.2, 0) is 18.1 Å². The van der Waals surface area contributed by atoms with E-state index in [4.69, 9.17) is 4.74 Å². The highest BCUT2D eigenvalue weighted by Gasteiger charge is 2.30. The maximum Gasteiger partial charge on any atom is 0.416 e. The maximum absolute atomic E-state index is 13.1. The van der Waals surface area contributed by atoms with Gasteiger partial charge in [-0.15, -0.1) is 0 Å². The molecule has 0 N–H and O–H groups in total. The van der Waals surface area contributed by atoms with E-state index in [0.717, 1.165) is 12.1 Å². The Kier molecular flexibility index (Phi) is 4.88. The first-order valence-electron chi connectivity index (χ1n) is 6.03. The first-order valence-corrected chi connectivity index (χ1v) is 7.15. The summed E-state index contributed by atoms with van der Waals surface area (Å²) in [4.78, 5) is 0. The van der Waals surface area contributed by atoms with E-state index in [1.807, 2.05) is 0 Å². The average Bonchev–Trinajstić information content (AvgIpc) is 2.45. The van der Waals surface area contributed by atoms with E-state index in [1.54, 1.807) is 6.07 Å². The van der Waals surface area contributed by atoms with Gasteiger partial charge < -0.3 is 4.74 Å². The Morgan fingerprint density at radius 2 is 1.81 bits per heavy atom. The van der Waals surface area contributed by atoms with E-state index < -0.39 is 17.6 Å². The Hall–Kier alpha value is -1.56. The topological polar surface area (TPSA) is 9.23 Å². The van der Waals surface area contributed by atoms with Crippen LogP contribution in [0.2, 0.25) is 0 Å². The smallest absolute Gasteiger partial charge is 0.416 e. The second kappa shape index (κ2) is 6.47. The first kappa shape index (κ1) is 15.8. The monoisotopic (exact) mass is 362 g/mol. The van der Waals surface area contributed by atoms with E-state index in [0.29, 0.717) is 22.2 Å². The molecule has 0 aromatic heterocycles. The van der Waals surface area contributed by atoms with Gasteiger partial charge in [-0.1, -0.05) is 28.1 Å². The number of halogens is 5. The minimum Gasteiger partial charge on any atom is -0.489 e. The summed E-state index contributed by atoms with van der Waals surface area (Å²) in [6.07, 6.45) is -4.38. The fraction of sp³-hybridized carbons (Fsp3) is 0.200. The fourth-order valence-electron chi connectivity index (χ4n) is 1.79. The second-order valence-corrected chi connectivity index (χ2v) is 4.93. The molecule has 0 atom stereocenters. The molecule has 6 heteroatoms. The molecule has 21 heavy (non-hydrogen) atoms. The van der Waals surface area contributed by atoms with Crippen molar-refractivity contribution >= 4 is 15.9 Å². The Bertz CT molecular complexity index is 625. The summed E-state index contributed by atoms with van der Waals surface area (Å²) in [7, 11) is 0.